The fourth-order valence-electron chi connectivity index (χ4n) is 2.00. The Morgan fingerprint density at radius 3 is 2.56 bits per heavy atom. The molecule has 88 valence electrons. The van der Waals surface area contributed by atoms with Crippen LogP contribution in [0.15, 0.2) is 24.3 Å². The predicted octanol–water partition coefficient (Wildman–Crippen LogP) is 2.55. The summed E-state index contributed by atoms with van der Waals surface area (Å²) in [5, 5.41) is 3.16. The van der Waals surface area contributed by atoms with Crippen LogP contribution < -0.4 is 5.32 Å². The number of hydrogen-bond acceptors (Lipinski definition) is 2. The van der Waals surface area contributed by atoms with E-state index in [4.69, 9.17) is 4.74 Å². The lowest BCUT2D eigenvalue weighted by Gasteiger charge is -2.19. The molecule has 2 unspecified atom stereocenters. The molecule has 2 atom stereocenters. The second-order valence-corrected chi connectivity index (χ2v) is 4.40. The lowest BCUT2D eigenvalue weighted by molar-refractivity contribution is 0.112. The predicted molar refractivity (Wildman–Crippen MR) is 62.1 cm³/mol. The van der Waals surface area contributed by atoms with Crippen molar-refractivity contribution >= 4 is 0 Å². The summed E-state index contributed by atoms with van der Waals surface area (Å²) in [6, 6.07) is 8.01. The fraction of sp³-hybridized carbons (Fsp3) is 0.538. The summed E-state index contributed by atoms with van der Waals surface area (Å²) in [7, 11) is 1.92. The van der Waals surface area contributed by atoms with E-state index in [2.05, 4.69) is 12.2 Å². The molecule has 0 amide bonds. The quantitative estimate of drug-likeness (QED) is 0.850. The molecule has 1 heterocycles. The van der Waals surface area contributed by atoms with Crippen LogP contribution >= 0.6 is 0 Å². The molecular formula is C13H18FNO. The molecule has 1 saturated heterocycles. The van der Waals surface area contributed by atoms with Gasteiger partial charge in [0, 0.05) is 12.5 Å². The van der Waals surface area contributed by atoms with Crippen molar-refractivity contribution < 1.29 is 9.13 Å². The first kappa shape index (κ1) is 11.6. The highest BCUT2D eigenvalue weighted by Gasteiger charge is 2.36. The third kappa shape index (κ3) is 2.11. The highest BCUT2D eigenvalue weighted by Crippen LogP contribution is 2.34. The smallest absolute Gasteiger partial charge is 0.161 e. The first-order chi connectivity index (χ1) is 7.65. The van der Waals surface area contributed by atoms with Crippen LogP contribution in [0.3, 0.4) is 0 Å². The van der Waals surface area contributed by atoms with Gasteiger partial charge in [0.15, 0.2) is 5.67 Å². The van der Waals surface area contributed by atoms with E-state index in [9.17, 15) is 4.39 Å². The van der Waals surface area contributed by atoms with Crippen molar-refractivity contribution in [1.82, 2.24) is 5.32 Å². The van der Waals surface area contributed by atoms with Gasteiger partial charge in [0.05, 0.1) is 13.2 Å². The summed E-state index contributed by atoms with van der Waals surface area (Å²) in [6.45, 7) is 2.79. The topological polar surface area (TPSA) is 21.3 Å². The summed E-state index contributed by atoms with van der Waals surface area (Å²) in [5.74, 6) is 0. The van der Waals surface area contributed by atoms with Gasteiger partial charge in [-0.1, -0.05) is 24.3 Å². The molecule has 0 aromatic heterocycles. The Hall–Kier alpha value is -0.930. The van der Waals surface area contributed by atoms with Gasteiger partial charge in [0.1, 0.15) is 0 Å². The molecule has 1 N–H and O–H groups in total. The molecule has 0 radical (unpaired) electrons. The molecule has 0 bridgehead atoms. The molecule has 1 fully saturated rings. The van der Waals surface area contributed by atoms with Gasteiger partial charge < -0.3 is 10.1 Å². The van der Waals surface area contributed by atoms with Gasteiger partial charge >= 0.3 is 0 Å². The molecular weight excluding hydrogens is 205 g/mol. The molecule has 0 saturated carbocycles. The van der Waals surface area contributed by atoms with Crippen molar-refractivity contribution in [3.8, 4) is 0 Å². The van der Waals surface area contributed by atoms with Crippen LogP contribution in [0.4, 0.5) is 4.39 Å². The molecule has 0 aliphatic carbocycles. The monoisotopic (exact) mass is 223 g/mol. The number of benzene rings is 1. The zero-order chi connectivity index (χ0) is 11.6. The van der Waals surface area contributed by atoms with Crippen molar-refractivity contribution in [1.29, 1.82) is 0 Å². The van der Waals surface area contributed by atoms with Crippen LogP contribution in [0.5, 0.6) is 0 Å². The third-order valence-electron chi connectivity index (χ3n) is 3.33. The van der Waals surface area contributed by atoms with Gasteiger partial charge in [0.2, 0.25) is 0 Å². The van der Waals surface area contributed by atoms with E-state index < -0.39 is 5.67 Å². The number of halogens is 1. The lowest BCUT2D eigenvalue weighted by Crippen LogP contribution is -2.20. The van der Waals surface area contributed by atoms with Crippen LogP contribution in [-0.4, -0.2) is 20.3 Å². The van der Waals surface area contributed by atoms with E-state index in [1.165, 1.54) is 5.56 Å². The first-order valence-electron chi connectivity index (χ1n) is 5.70. The van der Waals surface area contributed by atoms with Crippen LogP contribution in [-0.2, 0) is 10.4 Å². The number of nitrogens with one attached hydrogen (secondary N) is 1. The maximum atomic E-state index is 14.3. The molecule has 1 aromatic rings. The Morgan fingerprint density at radius 2 is 2.06 bits per heavy atom. The van der Waals surface area contributed by atoms with Gasteiger partial charge in [-0.05, 0) is 25.1 Å². The Labute approximate surface area is 95.8 Å². The molecule has 2 rings (SSSR count). The second-order valence-electron chi connectivity index (χ2n) is 4.40. The van der Waals surface area contributed by atoms with Gasteiger partial charge in [-0.3, -0.25) is 0 Å². The SMILES string of the molecule is CNC(C)c1ccc(C2(F)CCOC2)cc1. The number of ether oxygens (including phenoxy) is 1. The van der Waals surface area contributed by atoms with Gasteiger partial charge in [-0.25, -0.2) is 4.39 Å². The average Bonchev–Trinajstić information content (AvgIpc) is 2.77. The fourth-order valence-corrected chi connectivity index (χ4v) is 2.00. The Balaban J connectivity index is 2.18. The molecule has 16 heavy (non-hydrogen) atoms. The highest BCUT2D eigenvalue weighted by molar-refractivity contribution is 5.29. The zero-order valence-electron chi connectivity index (χ0n) is 9.79. The van der Waals surface area contributed by atoms with Gasteiger partial charge in [0.25, 0.3) is 0 Å². The molecule has 3 heteroatoms. The highest BCUT2D eigenvalue weighted by atomic mass is 19.1. The summed E-state index contributed by atoms with van der Waals surface area (Å²) in [5.41, 5.74) is 0.632. The summed E-state index contributed by atoms with van der Waals surface area (Å²) < 4.78 is 19.4. The van der Waals surface area contributed by atoms with Crippen LogP contribution in [0.25, 0.3) is 0 Å². The van der Waals surface area contributed by atoms with Crippen molar-refractivity contribution in [3.05, 3.63) is 35.4 Å². The Bertz CT molecular complexity index is 343. The minimum Gasteiger partial charge on any atom is -0.378 e. The maximum absolute atomic E-state index is 14.3. The molecule has 0 spiro atoms. The zero-order valence-corrected chi connectivity index (χ0v) is 9.79. The number of alkyl halides is 1. The van der Waals surface area contributed by atoms with Crippen LogP contribution in [0.1, 0.15) is 30.5 Å². The normalized spacial score (nSPS) is 26.9. The minimum absolute atomic E-state index is 0.188. The Morgan fingerprint density at radius 1 is 1.38 bits per heavy atom. The van der Waals surface area contributed by atoms with Gasteiger partial charge in [-0.2, -0.15) is 0 Å². The van der Waals surface area contributed by atoms with E-state index in [1.54, 1.807) is 0 Å². The average molecular weight is 223 g/mol. The van der Waals surface area contributed by atoms with Crippen molar-refractivity contribution in [2.45, 2.75) is 25.1 Å². The van der Waals surface area contributed by atoms with Crippen LogP contribution in [0, 0.1) is 0 Å². The summed E-state index contributed by atoms with van der Waals surface area (Å²) >= 11 is 0. The summed E-state index contributed by atoms with van der Waals surface area (Å²) in [4.78, 5) is 0. The van der Waals surface area contributed by atoms with Crippen LogP contribution in [0.2, 0.25) is 0 Å². The lowest BCUT2D eigenvalue weighted by atomic mass is 9.93. The number of hydrogen-bond donors (Lipinski definition) is 1. The Kier molecular flexibility index (Phi) is 3.26. The molecule has 1 aliphatic rings. The summed E-state index contributed by atoms with van der Waals surface area (Å²) in [6.07, 6.45) is 0.466. The standard InChI is InChI=1S/C13H18FNO/c1-10(15-2)11-3-5-12(6-4-11)13(14)7-8-16-9-13/h3-6,10,15H,7-9H2,1-2H3. The van der Waals surface area contributed by atoms with E-state index in [0.717, 1.165) is 5.56 Å². The maximum Gasteiger partial charge on any atom is 0.161 e. The van der Waals surface area contributed by atoms with Crippen molar-refractivity contribution in [2.75, 3.05) is 20.3 Å². The first-order valence-corrected chi connectivity index (χ1v) is 5.70. The number of rotatable bonds is 3. The largest absolute Gasteiger partial charge is 0.378 e. The van der Waals surface area contributed by atoms with Crippen molar-refractivity contribution in [2.24, 2.45) is 0 Å². The van der Waals surface area contributed by atoms with E-state index in [-0.39, 0.29) is 6.61 Å². The van der Waals surface area contributed by atoms with E-state index in [0.29, 0.717) is 19.1 Å². The second kappa shape index (κ2) is 4.52. The third-order valence-corrected chi connectivity index (χ3v) is 3.33. The molecule has 1 aliphatic heterocycles. The van der Waals surface area contributed by atoms with E-state index >= 15 is 0 Å². The molecule has 2 nitrogen and oxygen atoms in total. The van der Waals surface area contributed by atoms with E-state index in [1.807, 2.05) is 31.3 Å². The minimum atomic E-state index is -1.28. The van der Waals surface area contributed by atoms with Gasteiger partial charge in [-0.15, -0.1) is 0 Å². The molecule has 1 aromatic carbocycles. The van der Waals surface area contributed by atoms with Crippen molar-refractivity contribution in [3.63, 3.8) is 0 Å².